The minimum Gasteiger partial charge on any atom is -0.507 e. The molecule has 0 amide bonds. The third kappa shape index (κ3) is 4.21. The maximum Gasteiger partial charge on any atom is 0.193 e. The van der Waals surface area contributed by atoms with Gasteiger partial charge in [0, 0.05) is 30.1 Å². The number of hydrogen-bond donors (Lipinski definition) is 9. The number of ketones is 1. The molecule has 0 aliphatic heterocycles. The molecule has 172 valence electrons. The summed E-state index contributed by atoms with van der Waals surface area (Å²) in [6.45, 7) is -0.533. The highest BCUT2D eigenvalue weighted by molar-refractivity contribution is 6.11. The number of aliphatic hydroxyl groups is 4. The van der Waals surface area contributed by atoms with Crippen LogP contribution in [0.2, 0.25) is 0 Å². The van der Waals surface area contributed by atoms with E-state index in [2.05, 4.69) is 0 Å². The summed E-state index contributed by atoms with van der Waals surface area (Å²) >= 11 is 0. The third-order valence-electron chi connectivity index (χ3n) is 5.73. The monoisotopic (exact) mass is 448 g/mol. The van der Waals surface area contributed by atoms with E-state index in [-0.39, 0.29) is 17.7 Å². The van der Waals surface area contributed by atoms with Crippen molar-refractivity contribution in [3.05, 3.63) is 47.0 Å². The van der Waals surface area contributed by atoms with Crippen molar-refractivity contribution < 1.29 is 50.8 Å². The molecule has 2 aromatic carbocycles. The molecule has 3 rings (SSSR count). The summed E-state index contributed by atoms with van der Waals surface area (Å²) in [5, 5.41) is 90.0. The SMILES string of the molecule is O=C(C=Cc1ccc(O)c(O)c1)c1c(O)cc(O)c(C2CC(CO)C(O)C(O)C2O)c1O. The largest absolute Gasteiger partial charge is 0.507 e. The van der Waals surface area contributed by atoms with Gasteiger partial charge < -0.3 is 46.0 Å². The summed E-state index contributed by atoms with van der Waals surface area (Å²) in [6.07, 6.45) is -2.64. The number of aromatic hydroxyl groups is 5. The fourth-order valence-corrected chi connectivity index (χ4v) is 3.96. The van der Waals surface area contributed by atoms with Gasteiger partial charge in [-0.05, 0) is 30.2 Å². The van der Waals surface area contributed by atoms with Gasteiger partial charge in [-0.25, -0.2) is 0 Å². The first-order chi connectivity index (χ1) is 15.1. The predicted molar refractivity (Wildman–Crippen MR) is 111 cm³/mol. The molecule has 0 heterocycles. The first-order valence-corrected chi connectivity index (χ1v) is 9.74. The Kier molecular flexibility index (Phi) is 6.60. The standard InChI is InChI=1S/C22H24O10/c23-8-10-6-11(20(30)22(32)19(10)29)17-15(27)7-16(28)18(21(17)31)13(25)4-2-9-1-3-12(24)14(26)5-9/h1-5,7,10-11,19-20,22-24,26-32H,6,8H2. The number of allylic oxidation sites excluding steroid dienone is 1. The van der Waals surface area contributed by atoms with Gasteiger partial charge in [0.1, 0.15) is 28.9 Å². The Hall–Kier alpha value is -3.31. The molecule has 32 heavy (non-hydrogen) atoms. The summed E-state index contributed by atoms with van der Waals surface area (Å²) in [4.78, 5) is 12.7. The normalized spacial score (nSPS) is 25.8. The molecule has 2 aromatic rings. The van der Waals surface area contributed by atoms with Crippen LogP contribution in [-0.4, -0.2) is 76.7 Å². The van der Waals surface area contributed by atoms with Gasteiger partial charge in [-0.2, -0.15) is 0 Å². The Morgan fingerprint density at radius 2 is 1.56 bits per heavy atom. The van der Waals surface area contributed by atoms with Gasteiger partial charge in [-0.1, -0.05) is 12.1 Å². The predicted octanol–water partition coefficient (Wildman–Crippen LogP) is 0.289. The van der Waals surface area contributed by atoms with Crippen LogP contribution in [0, 0.1) is 5.92 Å². The Bertz CT molecular complexity index is 1050. The molecule has 5 unspecified atom stereocenters. The van der Waals surface area contributed by atoms with E-state index < -0.39 is 71.1 Å². The summed E-state index contributed by atoms with van der Waals surface area (Å²) < 4.78 is 0. The Morgan fingerprint density at radius 1 is 0.875 bits per heavy atom. The summed E-state index contributed by atoms with van der Waals surface area (Å²) in [5.74, 6) is -5.88. The van der Waals surface area contributed by atoms with Crippen LogP contribution in [0.3, 0.4) is 0 Å². The molecule has 1 aliphatic rings. The lowest BCUT2D eigenvalue weighted by Gasteiger charge is -2.40. The first kappa shape index (κ1) is 23.4. The van der Waals surface area contributed by atoms with Crippen molar-refractivity contribution in [1.29, 1.82) is 0 Å². The fraction of sp³-hybridized carbons (Fsp3) is 0.318. The van der Waals surface area contributed by atoms with Crippen LogP contribution in [0.4, 0.5) is 0 Å². The van der Waals surface area contributed by atoms with Crippen LogP contribution in [0.5, 0.6) is 28.7 Å². The molecular formula is C22H24O10. The van der Waals surface area contributed by atoms with Crippen molar-refractivity contribution in [2.45, 2.75) is 30.7 Å². The number of carbonyl (C=O) groups is 1. The van der Waals surface area contributed by atoms with Gasteiger partial charge >= 0.3 is 0 Å². The van der Waals surface area contributed by atoms with Gasteiger partial charge in [0.25, 0.3) is 0 Å². The van der Waals surface area contributed by atoms with Crippen LogP contribution in [0.15, 0.2) is 30.3 Å². The molecule has 1 aliphatic carbocycles. The topological polar surface area (TPSA) is 199 Å². The molecular weight excluding hydrogens is 424 g/mol. The lowest BCUT2D eigenvalue weighted by Crippen LogP contribution is -2.51. The van der Waals surface area contributed by atoms with Gasteiger partial charge in [0.15, 0.2) is 17.3 Å². The number of benzene rings is 2. The second-order valence-corrected chi connectivity index (χ2v) is 7.75. The Labute approximate surface area is 182 Å². The van der Waals surface area contributed by atoms with Crippen molar-refractivity contribution in [2.24, 2.45) is 5.92 Å². The van der Waals surface area contributed by atoms with Crippen molar-refractivity contribution in [3.63, 3.8) is 0 Å². The average molecular weight is 448 g/mol. The maximum atomic E-state index is 12.7. The summed E-state index contributed by atoms with van der Waals surface area (Å²) in [7, 11) is 0. The quantitative estimate of drug-likeness (QED) is 0.174. The number of hydrogen-bond acceptors (Lipinski definition) is 10. The molecule has 0 radical (unpaired) electrons. The van der Waals surface area contributed by atoms with Gasteiger partial charge in [-0.15, -0.1) is 0 Å². The van der Waals surface area contributed by atoms with E-state index in [1.54, 1.807) is 0 Å². The molecule has 10 nitrogen and oxygen atoms in total. The van der Waals surface area contributed by atoms with E-state index in [1.165, 1.54) is 24.3 Å². The summed E-state index contributed by atoms with van der Waals surface area (Å²) in [6, 6.07) is 4.59. The van der Waals surface area contributed by atoms with Crippen LogP contribution < -0.4 is 0 Å². The molecule has 1 saturated carbocycles. The van der Waals surface area contributed by atoms with E-state index in [1.807, 2.05) is 0 Å². The number of rotatable bonds is 5. The highest BCUT2D eigenvalue weighted by Gasteiger charge is 2.45. The zero-order valence-corrected chi connectivity index (χ0v) is 16.7. The maximum absolute atomic E-state index is 12.7. The third-order valence-corrected chi connectivity index (χ3v) is 5.73. The minimum absolute atomic E-state index is 0.127. The van der Waals surface area contributed by atoms with E-state index in [0.717, 1.165) is 12.1 Å². The van der Waals surface area contributed by atoms with Crippen LogP contribution in [-0.2, 0) is 0 Å². The Morgan fingerprint density at radius 3 is 2.19 bits per heavy atom. The van der Waals surface area contributed by atoms with Crippen LogP contribution >= 0.6 is 0 Å². The molecule has 5 atom stereocenters. The van der Waals surface area contributed by atoms with Gasteiger partial charge in [0.05, 0.1) is 12.2 Å². The van der Waals surface area contributed by atoms with Crippen LogP contribution in [0.25, 0.3) is 6.08 Å². The zero-order valence-electron chi connectivity index (χ0n) is 16.7. The lowest BCUT2D eigenvalue weighted by molar-refractivity contribution is -0.127. The molecule has 0 aromatic heterocycles. The van der Waals surface area contributed by atoms with Crippen molar-refractivity contribution >= 4 is 11.9 Å². The van der Waals surface area contributed by atoms with E-state index in [9.17, 15) is 50.8 Å². The van der Waals surface area contributed by atoms with E-state index in [0.29, 0.717) is 5.56 Å². The van der Waals surface area contributed by atoms with Crippen molar-refractivity contribution in [3.8, 4) is 28.7 Å². The minimum atomic E-state index is -1.68. The average Bonchev–Trinajstić information content (AvgIpc) is 2.74. The van der Waals surface area contributed by atoms with Crippen molar-refractivity contribution in [2.75, 3.05) is 6.61 Å². The van der Waals surface area contributed by atoms with Gasteiger partial charge in [0.2, 0.25) is 0 Å². The number of phenolic OH excluding ortho intramolecular Hbond substituents is 5. The number of carbonyl (C=O) groups excluding carboxylic acids is 1. The van der Waals surface area contributed by atoms with E-state index >= 15 is 0 Å². The molecule has 1 fully saturated rings. The number of phenols is 5. The highest BCUT2D eigenvalue weighted by atomic mass is 16.4. The highest BCUT2D eigenvalue weighted by Crippen LogP contribution is 2.47. The molecule has 0 spiro atoms. The Balaban J connectivity index is 2.00. The van der Waals surface area contributed by atoms with Gasteiger partial charge in [-0.3, -0.25) is 4.79 Å². The second-order valence-electron chi connectivity index (χ2n) is 7.75. The first-order valence-electron chi connectivity index (χ1n) is 9.74. The fourth-order valence-electron chi connectivity index (χ4n) is 3.96. The molecule has 9 N–H and O–H groups in total. The van der Waals surface area contributed by atoms with E-state index in [4.69, 9.17) is 0 Å². The smallest absolute Gasteiger partial charge is 0.193 e. The number of aliphatic hydroxyl groups excluding tert-OH is 4. The van der Waals surface area contributed by atoms with Crippen molar-refractivity contribution in [1.82, 2.24) is 0 Å². The van der Waals surface area contributed by atoms with Crippen LogP contribution in [0.1, 0.15) is 33.8 Å². The second kappa shape index (κ2) is 9.05. The molecule has 10 heteroatoms. The summed E-state index contributed by atoms with van der Waals surface area (Å²) in [5.41, 5.74) is -0.568. The zero-order chi connectivity index (χ0) is 23.7. The molecule has 0 bridgehead atoms. The lowest BCUT2D eigenvalue weighted by atomic mass is 9.72. The molecule has 0 saturated heterocycles.